The van der Waals surface area contributed by atoms with Crippen molar-refractivity contribution in [2.45, 2.75) is 37.1 Å². The van der Waals surface area contributed by atoms with E-state index in [4.69, 9.17) is 4.74 Å². The molecule has 1 saturated heterocycles. The minimum Gasteiger partial charge on any atom is -0.393 e. The molecule has 5 aromatic rings. The predicted molar refractivity (Wildman–Crippen MR) is 125 cm³/mol. The lowest BCUT2D eigenvalue weighted by atomic mass is 9.89. The lowest BCUT2D eigenvalue weighted by molar-refractivity contribution is -0.189. The Morgan fingerprint density at radius 2 is 1.74 bits per heavy atom. The number of amides is 1. The Bertz CT molecular complexity index is 1770. The lowest BCUT2D eigenvalue weighted by Gasteiger charge is -2.38. The number of carbonyl (C=O) groups is 1. The molecule has 8 rings (SSSR count). The van der Waals surface area contributed by atoms with Gasteiger partial charge in [-0.1, -0.05) is 36.4 Å². The van der Waals surface area contributed by atoms with Gasteiger partial charge in [0.2, 0.25) is 0 Å². The van der Waals surface area contributed by atoms with Crippen molar-refractivity contribution in [1.82, 2.24) is 14.5 Å². The molecule has 0 aliphatic carbocycles. The number of aromatic nitrogens is 2. The Morgan fingerprint density at radius 3 is 2.47 bits per heavy atom. The van der Waals surface area contributed by atoms with Gasteiger partial charge in [-0.3, -0.25) is 4.79 Å². The largest absolute Gasteiger partial charge is 0.393 e. The second-order valence-corrected chi connectivity index (χ2v) is 9.80. The van der Waals surface area contributed by atoms with E-state index in [-0.39, 0.29) is 12.3 Å². The summed E-state index contributed by atoms with van der Waals surface area (Å²) >= 11 is 0. The maximum Gasteiger partial charge on any atom is 0.254 e. The number of fused-ring (bicyclic) bond motifs is 13. The number of nitrogens with one attached hydrogen (secondary N) is 1. The molecule has 3 aliphatic heterocycles. The fourth-order valence-corrected chi connectivity index (χ4v) is 6.78. The van der Waals surface area contributed by atoms with E-state index in [1.807, 2.05) is 60.0 Å². The molecule has 3 aliphatic rings. The molecule has 0 saturated carbocycles. The normalized spacial score (nSPS) is 29.6. The first-order chi connectivity index (χ1) is 16.4. The molecule has 2 bridgehead atoms. The topological polar surface area (TPSA) is 109 Å². The van der Waals surface area contributed by atoms with Gasteiger partial charge in [-0.05, 0) is 19.1 Å². The van der Waals surface area contributed by atoms with Gasteiger partial charge in [0.05, 0.1) is 34.2 Å². The van der Waals surface area contributed by atoms with Crippen LogP contribution in [0.5, 0.6) is 0 Å². The maximum absolute atomic E-state index is 13.2. The second kappa shape index (κ2) is 5.61. The highest BCUT2D eigenvalue weighted by atomic mass is 16.6. The van der Waals surface area contributed by atoms with Crippen molar-refractivity contribution >= 4 is 49.5 Å². The molecule has 8 heteroatoms. The third-order valence-electron chi connectivity index (χ3n) is 8.28. The van der Waals surface area contributed by atoms with Gasteiger partial charge in [0.25, 0.3) is 5.91 Å². The van der Waals surface area contributed by atoms with Crippen molar-refractivity contribution in [3.05, 3.63) is 59.7 Å². The molecular formula is C26H21N3O5. The van der Waals surface area contributed by atoms with Crippen molar-refractivity contribution in [2.75, 3.05) is 6.61 Å². The van der Waals surface area contributed by atoms with E-state index in [0.29, 0.717) is 11.1 Å². The zero-order valence-electron chi connectivity index (χ0n) is 18.2. The number of hydrogen-bond acceptors (Lipinski definition) is 5. The van der Waals surface area contributed by atoms with Crippen LogP contribution in [-0.2, 0) is 10.5 Å². The zero-order chi connectivity index (χ0) is 23.1. The molecule has 0 radical (unpaired) electrons. The minimum absolute atomic E-state index is 0.188. The summed E-state index contributed by atoms with van der Waals surface area (Å²) in [7, 11) is 0. The number of benzene rings is 3. The van der Waals surface area contributed by atoms with E-state index in [2.05, 4.69) is 9.88 Å². The number of para-hydroxylation sites is 2. The SMILES string of the molecule is CC12OC(CC1(O)CO)n1c3ccccc3c3c4c(c5c6ccccc6n2c5c31)C(O)NC4=O. The second-order valence-electron chi connectivity index (χ2n) is 9.80. The molecule has 2 aromatic heterocycles. The van der Waals surface area contributed by atoms with Gasteiger partial charge < -0.3 is 34.5 Å². The minimum atomic E-state index is -1.55. The van der Waals surface area contributed by atoms with Crippen LogP contribution in [0.2, 0.25) is 0 Å². The van der Waals surface area contributed by atoms with E-state index in [9.17, 15) is 20.1 Å². The number of carbonyl (C=O) groups excluding carboxylic acids is 1. The number of nitrogens with zero attached hydrogens (tertiary/aromatic N) is 2. The van der Waals surface area contributed by atoms with Gasteiger partial charge in [-0.15, -0.1) is 0 Å². The van der Waals surface area contributed by atoms with Gasteiger partial charge >= 0.3 is 0 Å². The summed E-state index contributed by atoms with van der Waals surface area (Å²) in [5.74, 6) is -0.308. The van der Waals surface area contributed by atoms with Crippen molar-refractivity contribution in [3.8, 4) is 0 Å². The number of aliphatic hydroxyl groups excluding tert-OH is 2. The molecule has 170 valence electrons. The van der Waals surface area contributed by atoms with Gasteiger partial charge in [0.1, 0.15) is 11.8 Å². The molecule has 0 spiro atoms. The summed E-state index contributed by atoms with van der Waals surface area (Å²) in [6.07, 6.45) is -1.52. The van der Waals surface area contributed by atoms with Crippen LogP contribution in [0.3, 0.4) is 0 Å². The molecule has 4 unspecified atom stereocenters. The van der Waals surface area contributed by atoms with E-state index in [1.165, 1.54) is 0 Å². The smallest absolute Gasteiger partial charge is 0.254 e. The summed E-state index contributed by atoms with van der Waals surface area (Å²) in [4.78, 5) is 13.2. The Hall–Kier alpha value is -3.43. The average Bonchev–Trinajstić information content (AvgIpc) is 3.49. The van der Waals surface area contributed by atoms with E-state index in [1.54, 1.807) is 0 Å². The molecule has 1 amide bonds. The average molecular weight is 455 g/mol. The third kappa shape index (κ3) is 1.78. The van der Waals surface area contributed by atoms with E-state index in [0.717, 1.165) is 43.6 Å². The van der Waals surface area contributed by atoms with Crippen LogP contribution in [0.15, 0.2) is 48.5 Å². The number of hydrogen-bond donors (Lipinski definition) is 4. The van der Waals surface area contributed by atoms with Gasteiger partial charge in [-0.25, -0.2) is 0 Å². The van der Waals surface area contributed by atoms with Gasteiger partial charge in [0, 0.05) is 33.5 Å². The highest BCUT2D eigenvalue weighted by molar-refractivity contribution is 6.31. The maximum atomic E-state index is 13.2. The Morgan fingerprint density at radius 1 is 1.06 bits per heavy atom. The van der Waals surface area contributed by atoms with Gasteiger partial charge in [0.15, 0.2) is 12.0 Å². The van der Waals surface area contributed by atoms with Gasteiger partial charge in [-0.2, -0.15) is 0 Å². The molecule has 4 atom stereocenters. The molecule has 1 fully saturated rings. The van der Waals surface area contributed by atoms with Crippen LogP contribution in [0.4, 0.5) is 0 Å². The highest BCUT2D eigenvalue weighted by Crippen LogP contribution is 2.57. The number of ether oxygens (including phenoxy) is 1. The first-order valence-corrected chi connectivity index (χ1v) is 11.4. The van der Waals surface area contributed by atoms with Crippen LogP contribution in [0.25, 0.3) is 43.6 Å². The van der Waals surface area contributed by atoms with Crippen LogP contribution >= 0.6 is 0 Å². The monoisotopic (exact) mass is 455 g/mol. The number of rotatable bonds is 1. The summed E-state index contributed by atoms with van der Waals surface area (Å²) < 4.78 is 10.7. The summed E-state index contributed by atoms with van der Waals surface area (Å²) in [5.41, 5.74) is 1.47. The summed E-state index contributed by atoms with van der Waals surface area (Å²) in [6.45, 7) is 1.34. The molecule has 8 nitrogen and oxygen atoms in total. The third-order valence-corrected chi connectivity index (χ3v) is 8.28. The first-order valence-electron chi connectivity index (χ1n) is 11.4. The molecule has 34 heavy (non-hydrogen) atoms. The van der Waals surface area contributed by atoms with Crippen molar-refractivity contribution in [1.29, 1.82) is 0 Å². The summed E-state index contributed by atoms with van der Waals surface area (Å²) in [5, 5.41) is 39.1. The summed E-state index contributed by atoms with van der Waals surface area (Å²) in [6, 6.07) is 15.5. The predicted octanol–water partition coefficient (Wildman–Crippen LogP) is 2.97. The van der Waals surface area contributed by atoms with Crippen molar-refractivity contribution in [2.24, 2.45) is 0 Å². The Balaban J connectivity index is 1.78. The fourth-order valence-electron chi connectivity index (χ4n) is 6.78. The highest BCUT2D eigenvalue weighted by Gasteiger charge is 2.60. The molecule has 5 heterocycles. The standard InChI is InChI=1S/C26H21N3O5/c1-25-26(33,11-30)10-16(34-25)28-14-8-4-2-6-12(14)17-19-20(24(32)27-23(19)31)18-13-7-3-5-9-15(13)29(25)22(18)21(17)28/h2-9,16,24,30,32-33H,10-11H2,1H3,(H,27,31). The zero-order valence-corrected chi connectivity index (χ0v) is 18.2. The lowest BCUT2D eigenvalue weighted by Crippen LogP contribution is -2.53. The van der Waals surface area contributed by atoms with E-state index >= 15 is 0 Å². The molecule has 3 aromatic carbocycles. The van der Waals surface area contributed by atoms with Crippen LogP contribution < -0.4 is 5.32 Å². The first kappa shape index (κ1) is 18.9. The Labute approximate surface area is 192 Å². The Kier molecular flexibility index (Phi) is 3.13. The van der Waals surface area contributed by atoms with Crippen molar-refractivity contribution in [3.63, 3.8) is 0 Å². The van der Waals surface area contributed by atoms with Crippen LogP contribution in [-0.4, -0.2) is 42.6 Å². The fraction of sp³-hybridized carbons (Fsp3) is 0.269. The van der Waals surface area contributed by atoms with E-state index < -0.39 is 30.4 Å². The quantitative estimate of drug-likeness (QED) is 0.311. The molecule has 4 N–H and O–H groups in total. The van der Waals surface area contributed by atoms with Crippen molar-refractivity contribution < 1.29 is 24.9 Å². The number of aliphatic hydroxyl groups is 3. The van der Waals surface area contributed by atoms with Crippen LogP contribution in [0.1, 0.15) is 41.7 Å². The molecular weight excluding hydrogens is 434 g/mol. The van der Waals surface area contributed by atoms with Crippen LogP contribution in [0, 0.1) is 0 Å².